The maximum absolute atomic E-state index is 12.0. The number of oxazole rings is 1. The van der Waals surface area contributed by atoms with Crippen LogP contribution in [-0.2, 0) is 19.1 Å². The Morgan fingerprint density at radius 2 is 1.77 bits per heavy atom. The standard InChI is InChI=1S/C19H16N2O5/c1-24-17(22)11-15(19(23)25-2)20-13-8-4-3-7-12(13)18-21-14-9-5-6-10-16(14)26-18/h3-11,20H,1-2H3/b15-11+. The van der Waals surface area contributed by atoms with Gasteiger partial charge in [-0.15, -0.1) is 0 Å². The molecule has 1 heterocycles. The summed E-state index contributed by atoms with van der Waals surface area (Å²) < 4.78 is 15.1. The minimum Gasteiger partial charge on any atom is -0.466 e. The molecule has 1 aromatic heterocycles. The number of ether oxygens (including phenoxy) is 2. The number of fused-ring (bicyclic) bond motifs is 1. The monoisotopic (exact) mass is 352 g/mol. The Morgan fingerprint density at radius 3 is 2.50 bits per heavy atom. The molecule has 0 saturated heterocycles. The molecule has 0 radical (unpaired) electrons. The first-order valence-corrected chi connectivity index (χ1v) is 7.72. The van der Waals surface area contributed by atoms with Crippen LogP contribution in [0.4, 0.5) is 5.69 Å². The van der Waals surface area contributed by atoms with Crippen LogP contribution in [0.5, 0.6) is 0 Å². The molecule has 0 aliphatic rings. The fourth-order valence-electron chi connectivity index (χ4n) is 2.34. The number of nitrogens with zero attached hydrogens (tertiary/aromatic N) is 1. The number of nitrogens with one attached hydrogen (secondary N) is 1. The number of rotatable bonds is 5. The summed E-state index contributed by atoms with van der Waals surface area (Å²) in [6, 6.07) is 14.5. The highest BCUT2D eigenvalue weighted by atomic mass is 16.5. The number of methoxy groups -OCH3 is 2. The van der Waals surface area contributed by atoms with E-state index < -0.39 is 11.9 Å². The predicted molar refractivity (Wildman–Crippen MR) is 95.2 cm³/mol. The molecule has 0 atom stereocenters. The van der Waals surface area contributed by atoms with E-state index in [1.165, 1.54) is 14.2 Å². The van der Waals surface area contributed by atoms with Crippen molar-refractivity contribution < 1.29 is 23.5 Å². The number of carbonyl (C=O) groups excluding carboxylic acids is 2. The third kappa shape index (κ3) is 3.56. The second kappa shape index (κ2) is 7.52. The molecule has 7 nitrogen and oxygen atoms in total. The van der Waals surface area contributed by atoms with E-state index in [0.29, 0.717) is 22.7 Å². The van der Waals surface area contributed by atoms with Crippen molar-refractivity contribution in [3.8, 4) is 11.5 Å². The summed E-state index contributed by atoms with van der Waals surface area (Å²) >= 11 is 0. The van der Waals surface area contributed by atoms with Crippen LogP contribution in [0.2, 0.25) is 0 Å². The van der Waals surface area contributed by atoms with Gasteiger partial charge in [-0.25, -0.2) is 14.6 Å². The van der Waals surface area contributed by atoms with Crippen molar-refractivity contribution in [3.05, 3.63) is 60.3 Å². The van der Waals surface area contributed by atoms with Gasteiger partial charge in [0.2, 0.25) is 5.89 Å². The van der Waals surface area contributed by atoms with E-state index in [4.69, 9.17) is 9.15 Å². The summed E-state index contributed by atoms with van der Waals surface area (Å²) in [6.07, 6.45) is 1.02. The molecular formula is C19H16N2O5. The first-order valence-electron chi connectivity index (χ1n) is 7.72. The average molecular weight is 352 g/mol. The Bertz CT molecular complexity index is 957. The smallest absolute Gasteiger partial charge is 0.354 e. The second-order valence-electron chi connectivity index (χ2n) is 5.23. The molecule has 0 spiro atoms. The second-order valence-corrected chi connectivity index (χ2v) is 5.23. The molecule has 0 unspecified atom stereocenters. The zero-order valence-corrected chi connectivity index (χ0v) is 14.2. The van der Waals surface area contributed by atoms with Gasteiger partial charge in [0.25, 0.3) is 0 Å². The first kappa shape index (κ1) is 17.2. The largest absolute Gasteiger partial charge is 0.466 e. The van der Waals surface area contributed by atoms with Gasteiger partial charge < -0.3 is 19.2 Å². The molecule has 0 saturated carbocycles. The van der Waals surface area contributed by atoms with Gasteiger partial charge in [-0.3, -0.25) is 0 Å². The highest BCUT2D eigenvalue weighted by Gasteiger charge is 2.17. The lowest BCUT2D eigenvalue weighted by Gasteiger charge is -2.11. The molecule has 7 heteroatoms. The molecule has 0 fully saturated rings. The maximum atomic E-state index is 12.0. The van der Waals surface area contributed by atoms with Gasteiger partial charge in [0.1, 0.15) is 11.2 Å². The molecule has 132 valence electrons. The van der Waals surface area contributed by atoms with Gasteiger partial charge in [-0.05, 0) is 24.3 Å². The van der Waals surface area contributed by atoms with Crippen LogP contribution in [0.1, 0.15) is 0 Å². The number of hydrogen-bond acceptors (Lipinski definition) is 7. The SMILES string of the molecule is COC(=O)/C=C(/Nc1ccccc1-c1nc2ccccc2o1)C(=O)OC. The Hall–Kier alpha value is -3.61. The third-order valence-electron chi connectivity index (χ3n) is 3.59. The minimum absolute atomic E-state index is 0.0667. The number of hydrogen-bond donors (Lipinski definition) is 1. The Labute approximate surface area is 149 Å². The van der Waals surface area contributed by atoms with E-state index in [-0.39, 0.29) is 5.70 Å². The quantitative estimate of drug-likeness (QED) is 0.557. The van der Waals surface area contributed by atoms with Crippen molar-refractivity contribution in [1.82, 2.24) is 4.98 Å². The zero-order chi connectivity index (χ0) is 18.5. The van der Waals surface area contributed by atoms with E-state index in [0.717, 1.165) is 11.6 Å². The third-order valence-corrected chi connectivity index (χ3v) is 3.59. The van der Waals surface area contributed by atoms with E-state index in [1.807, 2.05) is 30.3 Å². The van der Waals surface area contributed by atoms with Crippen molar-refractivity contribution in [2.75, 3.05) is 19.5 Å². The van der Waals surface area contributed by atoms with Crippen LogP contribution in [-0.4, -0.2) is 31.1 Å². The van der Waals surface area contributed by atoms with Crippen LogP contribution in [0, 0.1) is 0 Å². The van der Waals surface area contributed by atoms with E-state index in [1.54, 1.807) is 18.2 Å². The van der Waals surface area contributed by atoms with Crippen molar-refractivity contribution in [2.45, 2.75) is 0 Å². The minimum atomic E-state index is -0.706. The predicted octanol–water partition coefficient (Wildman–Crippen LogP) is 3.14. The topological polar surface area (TPSA) is 90.7 Å². The van der Waals surface area contributed by atoms with Gasteiger partial charge in [-0.2, -0.15) is 0 Å². The molecule has 0 amide bonds. The normalized spacial score (nSPS) is 11.2. The molecule has 2 aromatic carbocycles. The van der Waals surface area contributed by atoms with Gasteiger partial charge >= 0.3 is 11.9 Å². The van der Waals surface area contributed by atoms with Crippen molar-refractivity contribution in [1.29, 1.82) is 0 Å². The number of benzene rings is 2. The number of anilines is 1. The molecule has 26 heavy (non-hydrogen) atoms. The Morgan fingerprint density at radius 1 is 1.04 bits per heavy atom. The van der Waals surface area contributed by atoms with Gasteiger partial charge in [0, 0.05) is 0 Å². The highest BCUT2D eigenvalue weighted by molar-refractivity contribution is 5.99. The van der Waals surface area contributed by atoms with Crippen LogP contribution < -0.4 is 5.32 Å². The number of para-hydroxylation sites is 3. The summed E-state index contributed by atoms with van der Waals surface area (Å²) in [4.78, 5) is 27.9. The van der Waals surface area contributed by atoms with Gasteiger partial charge in [-0.1, -0.05) is 24.3 Å². The number of carbonyl (C=O) groups is 2. The fraction of sp³-hybridized carbons (Fsp3) is 0.105. The lowest BCUT2D eigenvalue weighted by atomic mass is 10.1. The van der Waals surface area contributed by atoms with Crippen molar-refractivity contribution >= 4 is 28.7 Å². The Kier molecular flexibility index (Phi) is 4.98. The van der Waals surface area contributed by atoms with E-state index in [2.05, 4.69) is 15.0 Å². The van der Waals surface area contributed by atoms with Gasteiger partial charge in [0.15, 0.2) is 5.58 Å². The highest BCUT2D eigenvalue weighted by Crippen LogP contribution is 2.30. The van der Waals surface area contributed by atoms with E-state index >= 15 is 0 Å². The summed E-state index contributed by atoms with van der Waals surface area (Å²) in [5, 5.41) is 2.89. The zero-order valence-electron chi connectivity index (χ0n) is 14.2. The summed E-state index contributed by atoms with van der Waals surface area (Å²) in [5.74, 6) is -1.00. The van der Waals surface area contributed by atoms with E-state index in [9.17, 15) is 9.59 Å². The molecule has 3 aromatic rings. The number of esters is 2. The molecule has 3 rings (SSSR count). The maximum Gasteiger partial charge on any atom is 0.354 e. The van der Waals surface area contributed by atoms with Crippen molar-refractivity contribution in [3.63, 3.8) is 0 Å². The molecular weight excluding hydrogens is 336 g/mol. The van der Waals surface area contributed by atoms with Crippen LogP contribution in [0.25, 0.3) is 22.6 Å². The molecule has 0 aliphatic heterocycles. The number of aromatic nitrogens is 1. The van der Waals surface area contributed by atoms with Crippen LogP contribution in [0.15, 0.2) is 64.7 Å². The van der Waals surface area contributed by atoms with Crippen LogP contribution >= 0.6 is 0 Å². The van der Waals surface area contributed by atoms with Gasteiger partial charge in [0.05, 0.1) is 31.5 Å². The molecule has 0 aliphatic carbocycles. The van der Waals surface area contributed by atoms with Crippen LogP contribution in [0.3, 0.4) is 0 Å². The summed E-state index contributed by atoms with van der Waals surface area (Å²) in [7, 11) is 2.45. The van der Waals surface area contributed by atoms with Crippen molar-refractivity contribution in [2.24, 2.45) is 0 Å². The summed E-state index contributed by atoms with van der Waals surface area (Å²) in [5.41, 5.74) is 2.46. The molecule has 1 N–H and O–H groups in total. The first-order chi connectivity index (χ1) is 12.6. The summed E-state index contributed by atoms with van der Waals surface area (Å²) in [6.45, 7) is 0. The molecule has 0 bridgehead atoms. The lowest BCUT2D eigenvalue weighted by Crippen LogP contribution is -2.15. The fourth-order valence-corrected chi connectivity index (χ4v) is 2.34. The Balaban J connectivity index is 2.02. The lowest BCUT2D eigenvalue weighted by molar-refractivity contribution is -0.138. The average Bonchev–Trinajstić information content (AvgIpc) is 3.11.